The van der Waals surface area contributed by atoms with Crippen LogP contribution in [0, 0.1) is 0 Å². The quantitative estimate of drug-likeness (QED) is 0.588. The van der Waals surface area contributed by atoms with E-state index in [1.807, 2.05) is 36.4 Å². The fourth-order valence-electron chi connectivity index (χ4n) is 1.06. The van der Waals surface area contributed by atoms with E-state index < -0.39 is 0 Å². The lowest BCUT2D eigenvalue weighted by Crippen LogP contribution is -1.70. The molecule has 0 N–H and O–H groups in total. The van der Waals surface area contributed by atoms with Gasteiger partial charge in [-0.25, -0.2) is 0 Å². The SMILES string of the molecule is CCCCCCC.c1ccccc1. The molecular formula is C13H22. The molecule has 0 saturated heterocycles. The van der Waals surface area contributed by atoms with E-state index in [-0.39, 0.29) is 0 Å². The summed E-state index contributed by atoms with van der Waals surface area (Å²) in [5, 5.41) is 0. The Hall–Kier alpha value is -0.780. The maximum atomic E-state index is 2.25. The fourth-order valence-corrected chi connectivity index (χ4v) is 1.06. The highest BCUT2D eigenvalue weighted by atomic mass is 13.9. The Labute approximate surface area is 83.0 Å². The van der Waals surface area contributed by atoms with Crippen molar-refractivity contribution >= 4 is 0 Å². The molecule has 0 heteroatoms. The Morgan fingerprint density at radius 3 is 1.08 bits per heavy atom. The van der Waals surface area contributed by atoms with Crippen LogP contribution in [0.5, 0.6) is 0 Å². The van der Waals surface area contributed by atoms with Crippen molar-refractivity contribution in [2.45, 2.75) is 46.0 Å². The largest absolute Gasteiger partial charge is 0.0654 e. The van der Waals surface area contributed by atoms with Gasteiger partial charge in [-0.2, -0.15) is 0 Å². The van der Waals surface area contributed by atoms with Crippen LogP contribution in [0.3, 0.4) is 0 Å². The predicted octanol–water partition coefficient (Wildman–Crippen LogP) is 4.66. The first kappa shape index (κ1) is 12.2. The van der Waals surface area contributed by atoms with Crippen LogP contribution in [0.25, 0.3) is 0 Å². The molecule has 0 aliphatic rings. The minimum absolute atomic E-state index is 1.36. The monoisotopic (exact) mass is 178 g/mol. The third-order valence-electron chi connectivity index (χ3n) is 1.87. The number of rotatable bonds is 4. The Balaban J connectivity index is 0.000000223. The minimum atomic E-state index is 1.36. The summed E-state index contributed by atoms with van der Waals surface area (Å²) in [5.41, 5.74) is 0. The molecule has 0 spiro atoms. The van der Waals surface area contributed by atoms with Gasteiger partial charge in [0.1, 0.15) is 0 Å². The zero-order chi connectivity index (χ0) is 9.78. The first-order chi connectivity index (χ1) is 6.41. The van der Waals surface area contributed by atoms with Gasteiger partial charge in [-0.1, -0.05) is 82.3 Å². The molecule has 0 aliphatic heterocycles. The van der Waals surface area contributed by atoms with Crippen molar-refractivity contribution in [3.63, 3.8) is 0 Å². The fraction of sp³-hybridized carbons (Fsp3) is 0.538. The van der Waals surface area contributed by atoms with E-state index in [9.17, 15) is 0 Å². The van der Waals surface area contributed by atoms with Gasteiger partial charge >= 0.3 is 0 Å². The third kappa shape index (κ3) is 11.2. The number of benzene rings is 1. The van der Waals surface area contributed by atoms with E-state index in [0.717, 1.165) is 0 Å². The highest BCUT2D eigenvalue weighted by molar-refractivity contribution is 4.99. The molecule has 1 aromatic rings. The van der Waals surface area contributed by atoms with Crippen molar-refractivity contribution < 1.29 is 0 Å². The van der Waals surface area contributed by atoms with Crippen LogP contribution in [0.1, 0.15) is 46.0 Å². The lowest BCUT2D eigenvalue weighted by atomic mass is 10.2. The third-order valence-corrected chi connectivity index (χ3v) is 1.87. The maximum Gasteiger partial charge on any atom is -0.0533 e. The number of hydrogen-bond donors (Lipinski definition) is 0. The summed E-state index contributed by atoms with van der Waals surface area (Å²) >= 11 is 0. The average molecular weight is 178 g/mol. The summed E-state index contributed by atoms with van der Waals surface area (Å²) in [6.45, 7) is 4.49. The van der Waals surface area contributed by atoms with E-state index in [1.165, 1.54) is 32.1 Å². The number of hydrogen-bond acceptors (Lipinski definition) is 0. The van der Waals surface area contributed by atoms with Crippen LogP contribution in [-0.4, -0.2) is 0 Å². The van der Waals surface area contributed by atoms with Crippen LogP contribution in [0.2, 0.25) is 0 Å². The molecule has 74 valence electrons. The molecule has 0 aromatic heterocycles. The Kier molecular flexibility index (Phi) is 10.5. The standard InChI is InChI=1S/C7H16.C6H6/c1-3-5-7-6-4-2;1-2-4-6-5-3-1/h3-7H2,1-2H3;1-6H. The van der Waals surface area contributed by atoms with Crippen molar-refractivity contribution in [3.8, 4) is 0 Å². The maximum absolute atomic E-state index is 2.25. The summed E-state index contributed by atoms with van der Waals surface area (Å²) in [5.74, 6) is 0. The van der Waals surface area contributed by atoms with Crippen LogP contribution < -0.4 is 0 Å². The van der Waals surface area contributed by atoms with Crippen LogP contribution >= 0.6 is 0 Å². The predicted molar refractivity (Wildman–Crippen MR) is 60.9 cm³/mol. The van der Waals surface area contributed by atoms with E-state index in [1.54, 1.807) is 0 Å². The van der Waals surface area contributed by atoms with E-state index >= 15 is 0 Å². The van der Waals surface area contributed by atoms with Gasteiger partial charge in [0.05, 0.1) is 0 Å². The summed E-state index contributed by atoms with van der Waals surface area (Å²) in [6, 6.07) is 12.0. The minimum Gasteiger partial charge on any atom is -0.0654 e. The molecule has 0 radical (unpaired) electrons. The van der Waals surface area contributed by atoms with Gasteiger partial charge in [-0.05, 0) is 0 Å². The molecule has 13 heavy (non-hydrogen) atoms. The highest BCUT2D eigenvalue weighted by Gasteiger charge is 1.80. The average Bonchev–Trinajstić information content (AvgIpc) is 2.22. The Bertz CT molecular complexity index is 124. The highest BCUT2D eigenvalue weighted by Crippen LogP contribution is 2.00. The Morgan fingerprint density at radius 2 is 0.846 bits per heavy atom. The van der Waals surface area contributed by atoms with E-state index in [0.29, 0.717) is 0 Å². The molecule has 1 aromatic carbocycles. The van der Waals surface area contributed by atoms with Crippen LogP contribution in [0.4, 0.5) is 0 Å². The van der Waals surface area contributed by atoms with Gasteiger partial charge in [0, 0.05) is 0 Å². The van der Waals surface area contributed by atoms with Crippen molar-refractivity contribution in [1.82, 2.24) is 0 Å². The van der Waals surface area contributed by atoms with Crippen molar-refractivity contribution in [1.29, 1.82) is 0 Å². The molecular weight excluding hydrogens is 156 g/mol. The molecule has 0 saturated carbocycles. The molecule has 0 fully saturated rings. The molecule has 0 unspecified atom stereocenters. The van der Waals surface area contributed by atoms with E-state index in [4.69, 9.17) is 0 Å². The molecule has 0 amide bonds. The normalized spacial score (nSPS) is 8.77. The van der Waals surface area contributed by atoms with Crippen molar-refractivity contribution in [2.75, 3.05) is 0 Å². The second-order valence-corrected chi connectivity index (χ2v) is 3.22. The topological polar surface area (TPSA) is 0 Å². The zero-order valence-electron chi connectivity index (χ0n) is 9.00. The molecule has 0 heterocycles. The van der Waals surface area contributed by atoms with Gasteiger partial charge in [0.25, 0.3) is 0 Å². The smallest absolute Gasteiger partial charge is 0.0533 e. The summed E-state index contributed by atoms with van der Waals surface area (Å²) in [4.78, 5) is 0. The van der Waals surface area contributed by atoms with Gasteiger partial charge in [0.15, 0.2) is 0 Å². The summed E-state index contributed by atoms with van der Waals surface area (Å²) < 4.78 is 0. The lowest BCUT2D eigenvalue weighted by Gasteiger charge is -1.90. The molecule has 0 atom stereocenters. The second kappa shape index (κ2) is 11.2. The van der Waals surface area contributed by atoms with Crippen LogP contribution in [0.15, 0.2) is 36.4 Å². The Morgan fingerprint density at radius 1 is 0.538 bits per heavy atom. The first-order valence-corrected chi connectivity index (χ1v) is 5.41. The number of unbranched alkanes of at least 4 members (excludes halogenated alkanes) is 4. The molecule has 0 aliphatic carbocycles. The lowest BCUT2D eigenvalue weighted by molar-refractivity contribution is 0.656. The molecule has 1 rings (SSSR count). The molecule has 0 nitrogen and oxygen atoms in total. The van der Waals surface area contributed by atoms with Crippen LogP contribution in [-0.2, 0) is 0 Å². The van der Waals surface area contributed by atoms with Crippen molar-refractivity contribution in [2.24, 2.45) is 0 Å². The second-order valence-electron chi connectivity index (χ2n) is 3.22. The summed E-state index contributed by atoms with van der Waals surface area (Å²) in [7, 11) is 0. The van der Waals surface area contributed by atoms with Gasteiger partial charge < -0.3 is 0 Å². The zero-order valence-corrected chi connectivity index (χ0v) is 9.00. The van der Waals surface area contributed by atoms with Gasteiger partial charge in [-0.15, -0.1) is 0 Å². The van der Waals surface area contributed by atoms with Crippen molar-refractivity contribution in [3.05, 3.63) is 36.4 Å². The van der Waals surface area contributed by atoms with Gasteiger partial charge in [0.2, 0.25) is 0 Å². The summed E-state index contributed by atoms with van der Waals surface area (Å²) in [6.07, 6.45) is 7.01. The molecule has 0 bridgehead atoms. The van der Waals surface area contributed by atoms with E-state index in [2.05, 4.69) is 13.8 Å². The van der Waals surface area contributed by atoms with Gasteiger partial charge in [-0.3, -0.25) is 0 Å². The first-order valence-electron chi connectivity index (χ1n) is 5.41.